The molecule has 12 aromatic rings. The van der Waals surface area contributed by atoms with Crippen LogP contribution in [0.2, 0.25) is 0 Å². The predicted octanol–water partition coefficient (Wildman–Crippen LogP) is 21.2. The lowest BCUT2D eigenvalue weighted by Gasteiger charge is -2.40. The molecule has 2 aliphatic heterocycles. The molecule has 2 heterocycles. The summed E-state index contributed by atoms with van der Waals surface area (Å²) in [6.07, 6.45) is 1.90. The van der Waals surface area contributed by atoms with Crippen LogP contribution < -0.4 is 28.7 Å². The first-order valence-corrected chi connectivity index (χ1v) is 34.0. The van der Waals surface area contributed by atoms with Crippen molar-refractivity contribution < 1.29 is 46.0 Å². The van der Waals surface area contributed by atoms with Crippen LogP contribution in [0.15, 0.2) is 267 Å². The maximum atomic E-state index is 16.7. The lowest BCUT2D eigenvalue weighted by Crippen LogP contribution is -2.46. The van der Waals surface area contributed by atoms with Crippen molar-refractivity contribution in [2.45, 2.75) is 37.5 Å². The molecule has 2 aliphatic carbocycles. The van der Waals surface area contributed by atoms with Gasteiger partial charge in [-0.05, 0) is 212 Å². The van der Waals surface area contributed by atoms with Gasteiger partial charge in [0.15, 0.2) is 0 Å². The summed E-state index contributed by atoms with van der Waals surface area (Å²) < 4.78 is 102. The Morgan fingerprint density at radius 1 is 0.330 bits per heavy atom. The van der Waals surface area contributed by atoms with Crippen LogP contribution in [-0.2, 0) is 20.3 Å². The summed E-state index contributed by atoms with van der Waals surface area (Å²) in [5.74, 6) is -0.0720. The summed E-state index contributed by atoms with van der Waals surface area (Å²) in [6.45, 7) is 8.10. The van der Waals surface area contributed by atoms with E-state index in [1.807, 2.05) is 121 Å². The van der Waals surface area contributed by atoms with E-state index in [2.05, 4.69) is 123 Å². The number of hydrogen-bond acceptors (Lipinski definition) is 8. The highest BCUT2D eigenvalue weighted by Gasteiger charge is 2.49. The van der Waals surface area contributed by atoms with Crippen LogP contribution in [0.25, 0.3) is 33.4 Å². The van der Waals surface area contributed by atoms with Crippen LogP contribution in [0, 0.1) is 34.1 Å². The van der Waals surface area contributed by atoms with Crippen molar-refractivity contribution in [1.82, 2.24) is 0 Å². The van der Waals surface area contributed by atoms with Gasteiger partial charge >= 0.3 is 0 Å². The number of methoxy groups -OCH3 is 2. The first kappa shape index (κ1) is 63.8. The summed E-state index contributed by atoms with van der Waals surface area (Å²) in [4.78, 5) is 3.28. The number of benzene rings is 12. The molecule has 12 aromatic carbocycles. The van der Waals surface area contributed by atoms with E-state index in [4.69, 9.17) is 28.4 Å². The Hall–Kier alpha value is -10.9. The van der Waals surface area contributed by atoms with Gasteiger partial charge in [0.05, 0.1) is 75.5 Å². The molecule has 498 valence electrons. The van der Waals surface area contributed by atoms with Crippen LogP contribution in [0.4, 0.5) is 51.7 Å². The van der Waals surface area contributed by atoms with Gasteiger partial charge in [0.1, 0.15) is 57.6 Å². The smallest absolute Gasteiger partial charge is 0.150 e. The van der Waals surface area contributed by atoms with E-state index in [0.29, 0.717) is 73.9 Å². The van der Waals surface area contributed by atoms with Gasteiger partial charge < -0.3 is 38.2 Å². The number of anilines is 6. The van der Waals surface area contributed by atoms with E-state index >= 15 is 17.6 Å². The fraction of sp³-hybridized carbons (Fsp3) is 0.182. The number of para-hydroxylation sites is 2. The molecule has 0 spiro atoms. The van der Waals surface area contributed by atoms with Gasteiger partial charge in [-0.15, -0.1) is 0 Å². The molecule has 0 N–H and O–H groups in total. The predicted molar refractivity (Wildman–Crippen MR) is 387 cm³/mol. The van der Waals surface area contributed by atoms with E-state index in [9.17, 15) is 0 Å². The van der Waals surface area contributed by atoms with E-state index in [1.165, 1.54) is 36.4 Å². The van der Waals surface area contributed by atoms with Crippen LogP contribution in [0.1, 0.15) is 71.2 Å². The van der Waals surface area contributed by atoms with Crippen molar-refractivity contribution in [2.75, 3.05) is 63.7 Å². The Morgan fingerprint density at radius 3 is 0.950 bits per heavy atom. The van der Waals surface area contributed by atoms with Gasteiger partial charge in [0, 0.05) is 22.7 Å². The lowest BCUT2D eigenvalue weighted by molar-refractivity contribution is -0.133. The molecule has 2 unspecified atom stereocenters. The molecule has 0 amide bonds. The Bertz CT molecular complexity index is 4650. The monoisotopic (exact) mass is 1330 g/mol. The first-order valence-electron chi connectivity index (χ1n) is 34.0. The highest BCUT2D eigenvalue weighted by atomic mass is 19.1. The zero-order valence-electron chi connectivity index (χ0n) is 55.9. The van der Waals surface area contributed by atoms with E-state index in [0.717, 1.165) is 102 Å². The first-order chi connectivity index (χ1) is 48.9. The summed E-state index contributed by atoms with van der Waals surface area (Å²) in [6, 6.07) is 84.6. The van der Waals surface area contributed by atoms with Gasteiger partial charge in [0.25, 0.3) is 0 Å². The molecule has 2 saturated heterocycles. The SMILES string of the molecule is CCC1(COc2ccc(C3(c4ccc(OC)cc4)c4ccccc4-c4ccc(N(c5ccc(-c6ccc(N(c7ccc8c(c7)C(c7ccc(OC)cc7)(c7ccc(OCC9(CC)COC9)cc7)c7ccccc7-8)c7c(F)cccc7F)cc6)cc5)c5c(F)cccc5F)cc43)cc2)COC1. The normalized spacial score (nSPS) is 17.2. The molecule has 100 heavy (non-hydrogen) atoms. The Kier molecular flexibility index (Phi) is 16.4. The maximum Gasteiger partial charge on any atom is 0.150 e. The van der Waals surface area contributed by atoms with Crippen LogP contribution in [0.3, 0.4) is 0 Å². The largest absolute Gasteiger partial charge is 0.497 e. The number of nitrogens with zero attached hydrogens (tertiary/aromatic N) is 2. The molecular formula is C88H72F4N2O6. The fourth-order valence-electron chi connectivity index (χ4n) is 15.5. The molecule has 0 bridgehead atoms. The molecule has 0 radical (unpaired) electrons. The highest BCUT2D eigenvalue weighted by Crippen LogP contribution is 2.60. The van der Waals surface area contributed by atoms with Crippen molar-refractivity contribution >= 4 is 34.1 Å². The number of ether oxygens (including phenoxy) is 6. The Labute approximate surface area is 580 Å². The summed E-state index contributed by atoms with van der Waals surface area (Å²) in [5, 5.41) is 0. The topological polar surface area (TPSA) is 61.9 Å². The van der Waals surface area contributed by atoms with Crippen LogP contribution in [-0.4, -0.2) is 53.9 Å². The average Bonchev–Trinajstić information content (AvgIpc) is 1.54. The number of halogens is 4. The van der Waals surface area contributed by atoms with E-state index < -0.39 is 34.1 Å². The highest BCUT2D eigenvalue weighted by molar-refractivity contribution is 5.92. The third kappa shape index (κ3) is 10.6. The Morgan fingerprint density at radius 2 is 0.640 bits per heavy atom. The minimum atomic E-state index is -0.913. The molecule has 0 saturated carbocycles. The third-order valence-electron chi connectivity index (χ3n) is 21.3. The molecule has 2 fully saturated rings. The van der Waals surface area contributed by atoms with E-state index in [-0.39, 0.29) is 22.2 Å². The minimum Gasteiger partial charge on any atom is -0.497 e. The summed E-state index contributed by atoms with van der Waals surface area (Å²) >= 11 is 0. The quantitative estimate of drug-likeness (QED) is 0.0660. The molecule has 12 heteroatoms. The number of fused-ring (bicyclic) bond motifs is 6. The van der Waals surface area contributed by atoms with E-state index in [1.54, 1.807) is 24.0 Å². The maximum absolute atomic E-state index is 16.7. The van der Waals surface area contributed by atoms with Gasteiger partial charge in [-0.25, -0.2) is 17.6 Å². The third-order valence-corrected chi connectivity index (χ3v) is 21.3. The zero-order chi connectivity index (χ0) is 68.3. The van der Waals surface area contributed by atoms with Crippen LogP contribution in [0.5, 0.6) is 23.0 Å². The van der Waals surface area contributed by atoms with Crippen molar-refractivity contribution in [2.24, 2.45) is 10.8 Å². The van der Waals surface area contributed by atoms with Gasteiger partial charge in [-0.2, -0.15) is 0 Å². The fourth-order valence-corrected chi connectivity index (χ4v) is 15.5. The van der Waals surface area contributed by atoms with Crippen molar-refractivity contribution in [3.05, 3.63) is 335 Å². The van der Waals surface area contributed by atoms with Crippen LogP contribution >= 0.6 is 0 Å². The molecule has 16 rings (SSSR count). The number of rotatable bonds is 21. The molecule has 0 aromatic heterocycles. The van der Waals surface area contributed by atoms with Crippen molar-refractivity contribution in [3.8, 4) is 56.4 Å². The zero-order valence-corrected chi connectivity index (χ0v) is 55.9. The average molecular weight is 1330 g/mol. The minimum absolute atomic E-state index is 0.0119. The van der Waals surface area contributed by atoms with Gasteiger partial charge in [0.2, 0.25) is 0 Å². The number of hydrogen-bond donors (Lipinski definition) is 0. The van der Waals surface area contributed by atoms with Crippen molar-refractivity contribution in [3.63, 3.8) is 0 Å². The molecule has 8 nitrogen and oxygen atoms in total. The lowest BCUT2D eigenvalue weighted by atomic mass is 9.67. The molecular weight excluding hydrogens is 1260 g/mol. The molecule has 4 aliphatic rings. The van der Waals surface area contributed by atoms with Gasteiger partial charge in [-0.1, -0.05) is 159 Å². The Balaban J connectivity index is 0.777. The second kappa shape index (κ2) is 25.7. The standard InChI is InChI=1S/C88H72F4N2O6/c1-5-85(51-97-52-85)55-99-69-43-29-61(30-44-69)87(59-25-39-67(95-3)40-26-59)75-15-9-7-13-71(75)73-47-37-65(49-77(73)87)93(83-79(89)17-11-18-80(83)90)63-33-21-57(22-34-63)58-23-35-64(36-24-58)94(84-81(91)19-12-20-82(84)92)66-38-48-74-72-14-8-10-16-76(72)88(78(74)50-66,60-27-41-68(96-4)42-28-60)62-31-45-70(46-32-62)100-56-86(6-2)53-98-54-86/h7-50H,5-6,51-56H2,1-4H3. The molecule has 2 atom stereocenters. The van der Waals surface area contributed by atoms with Crippen molar-refractivity contribution in [1.29, 1.82) is 0 Å². The second-order valence-corrected chi connectivity index (χ2v) is 26.7. The summed E-state index contributed by atoms with van der Waals surface area (Å²) in [7, 11) is 3.30. The van der Waals surface area contributed by atoms with Gasteiger partial charge in [-0.3, -0.25) is 0 Å². The summed E-state index contributed by atoms with van der Waals surface area (Å²) in [5.41, 5.74) is 13.1. The second-order valence-electron chi connectivity index (χ2n) is 26.7.